The Morgan fingerprint density at radius 2 is 1.11 bits per heavy atom. The van der Waals surface area contributed by atoms with E-state index in [0.29, 0.717) is 6.42 Å². The first-order valence-electron chi connectivity index (χ1n) is 16.0. The van der Waals surface area contributed by atoms with Crippen LogP contribution in [0.15, 0.2) is 36.5 Å². The Morgan fingerprint density at radius 3 is 1.66 bits per heavy atom. The highest BCUT2D eigenvalue weighted by atomic mass is 16.5. The fourth-order valence-corrected chi connectivity index (χ4v) is 4.49. The van der Waals surface area contributed by atoms with Crippen LogP contribution in [0.4, 0.5) is 0 Å². The van der Waals surface area contributed by atoms with E-state index >= 15 is 0 Å². The van der Waals surface area contributed by atoms with Gasteiger partial charge in [0.1, 0.15) is 6.10 Å². The Morgan fingerprint density at radius 1 is 0.605 bits per heavy atom. The summed E-state index contributed by atoms with van der Waals surface area (Å²) in [7, 11) is 0. The summed E-state index contributed by atoms with van der Waals surface area (Å²) in [6, 6.07) is 0. The molecule has 0 radical (unpaired) electrons. The molecule has 220 valence electrons. The van der Waals surface area contributed by atoms with Crippen molar-refractivity contribution in [3.05, 3.63) is 36.5 Å². The minimum absolute atomic E-state index is 0.102. The van der Waals surface area contributed by atoms with E-state index in [-0.39, 0.29) is 18.5 Å². The normalized spacial score (nSPS) is 12.7. The first-order chi connectivity index (χ1) is 18.6. The van der Waals surface area contributed by atoms with Crippen molar-refractivity contribution in [2.24, 2.45) is 0 Å². The maximum absolute atomic E-state index is 12.4. The SMILES string of the molecule is CC/C=C\C/C=C\[C@H](/C=C\CCCCCCCC(=O)O)OC(=O)CCCCCCCCCCCCCCC. The molecule has 0 saturated carbocycles. The van der Waals surface area contributed by atoms with E-state index in [1.807, 2.05) is 12.2 Å². The summed E-state index contributed by atoms with van der Waals surface area (Å²) in [6.45, 7) is 4.39. The predicted molar refractivity (Wildman–Crippen MR) is 162 cm³/mol. The Bertz CT molecular complexity index is 620. The van der Waals surface area contributed by atoms with Crippen molar-refractivity contribution >= 4 is 11.9 Å². The number of hydrogen-bond acceptors (Lipinski definition) is 3. The molecule has 0 spiro atoms. The maximum Gasteiger partial charge on any atom is 0.306 e. The van der Waals surface area contributed by atoms with E-state index in [0.717, 1.165) is 64.2 Å². The highest BCUT2D eigenvalue weighted by Gasteiger charge is 2.08. The number of carboxylic acids is 1. The number of unbranched alkanes of at least 4 members (excludes halogenated alkanes) is 17. The summed E-state index contributed by atoms with van der Waals surface area (Å²) < 4.78 is 5.75. The van der Waals surface area contributed by atoms with Crippen molar-refractivity contribution in [2.75, 3.05) is 0 Å². The Hall–Kier alpha value is -1.84. The average molecular weight is 533 g/mol. The smallest absolute Gasteiger partial charge is 0.306 e. The summed E-state index contributed by atoms with van der Waals surface area (Å²) in [5.74, 6) is -0.809. The molecule has 0 bridgehead atoms. The molecule has 0 aliphatic heterocycles. The summed E-state index contributed by atoms with van der Waals surface area (Å²) >= 11 is 0. The zero-order valence-corrected chi connectivity index (χ0v) is 25.0. The van der Waals surface area contributed by atoms with E-state index in [1.54, 1.807) is 0 Å². The van der Waals surface area contributed by atoms with Crippen LogP contribution in [0.2, 0.25) is 0 Å². The lowest BCUT2D eigenvalue weighted by atomic mass is 10.0. The van der Waals surface area contributed by atoms with E-state index in [4.69, 9.17) is 9.84 Å². The number of carbonyl (C=O) groups is 2. The monoisotopic (exact) mass is 532 g/mol. The van der Waals surface area contributed by atoms with Gasteiger partial charge >= 0.3 is 11.9 Å². The van der Waals surface area contributed by atoms with E-state index in [1.165, 1.54) is 70.6 Å². The van der Waals surface area contributed by atoms with Gasteiger partial charge in [-0.05, 0) is 50.7 Å². The summed E-state index contributed by atoms with van der Waals surface area (Å²) in [4.78, 5) is 23.0. The molecule has 38 heavy (non-hydrogen) atoms. The topological polar surface area (TPSA) is 63.6 Å². The van der Waals surface area contributed by atoms with Crippen molar-refractivity contribution in [3.8, 4) is 0 Å². The first-order valence-corrected chi connectivity index (χ1v) is 16.0. The summed E-state index contributed by atoms with van der Waals surface area (Å²) in [5, 5.41) is 8.69. The van der Waals surface area contributed by atoms with E-state index in [9.17, 15) is 9.59 Å². The van der Waals surface area contributed by atoms with Gasteiger partial charge in [0.2, 0.25) is 0 Å². The molecule has 4 nitrogen and oxygen atoms in total. The molecule has 0 heterocycles. The third-order valence-electron chi connectivity index (χ3n) is 6.84. The molecule has 1 atom stereocenters. The van der Waals surface area contributed by atoms with Gasteiger partial charge in [-0.2, -0.15) is 0 Å². The zero-order valence-electron chi connectivity index (χ0n) is 25.0. The molecule has 0 rings (SSSR count). The lowest BCUT2D eigenvalue weighted by molar-refractivity contribution is -0.145. The van der Waals surface area contributed by atoms with Crippen molar-refractivity contribution in [1.82, 2.24) is 0 Å². The number of allylic oxidation sites excluding steroid dienone is 4. The molecule has 0 unspecified atom stereocenters. The molecule has 0 fully saturated rings. The Balaban J connectivity index is 4.05. The molecule has 0 aromatic heterocycles. The molecule has 4 heteroatoms. The van der Waals surface area contributed by atoms with Crippen LogP contribution in [0.25, 0.3) is 0 Å². The largest absolute Gasteiger partial charge is 0.481 e. The zero-order chi connectivity index (χ0) is 27.9. The van der Waals surface area contributed by atoms with Crippen LogP contribution >= 0.6 is 0 Å². The maximum atomic E-state index is 12.4. The molecule has 0 amide bonds. The molecule has 1 N–H and O–H groups in total. The number of esters is 1. The second-order valence-electron chi connectivity index (χ2n) is 10.6. The highest BCUT2D eigenvalue weighted by Crippen LogP contribution is 2.14. The fourth-order valence-electron chi connectivity index (χ4n) is 4.49. The molecular weight excluding hydrogens is 472 g/mol. The molecule has 0 saturated heterocycles. The quantitative estimate of drug-likeness (QED) is 0.0618. The average Bonchev–Trinajstić information content (AvgIpc) is 2.89. The van der Waals surface area contributed by atoms with Crippen LogP contribution in [-0.4, -0.2) is 23.1 Å². The van der Waals surface area contributed by atoms with Crippen LogP contribution in [-0.2, 0) is 14.3 Å². The minimum Gasteiger partial charge on any atom is -0.481 e. The summed E-state index contributed by atoms with van der Waals surface area (Å²) in [6.07, 6.45) is 37.7. The van der Waals surface area contributed by atoms with Gasteiger partial charge in [0.15, 0.2) is 0 Å². The third-order valence-corrected chi connectivity index (χ3v) is 6.84. The number of ether oxygens (including phenoxy) is 1. The number of aliphatic carboxylic acids is 1. The van der Waals surface area contributed by atoms with E-state index in [2.05, 4.69) is 38.2 Å². The van der Waals surface area contributed by atoms with Gasteiger partial charge in [0.05, 0.1) is 0 Å². The first kappa shape index (κ1) is 36.2. The van der Waals surface area contributed by atoms with Gasteiger partial charge in [-0.1, -0.05) is 134 Å². The van der Waals surface area contributed by atoms with Crippen LogP contribution in [0.1, 0.15) is 162 Å². The number of carboxylic acid groups (broad SMARTS) is 1. The second kappa shape index (κ2) is 29.7. The van der Waals surface area contributed by atoms with Gasteiger partial charge in [-0.15, -0.1) is 0 Å². The van der Waals surface area contributed by atoms with Crippen LogP contribution < -0.4 is 0 Å². The standard InChI is InChI=1S/C34H60O4/c1-3-5-7-9-10-11-12-13-14-15-19-23-27-31-34(37)38-32(28-24-20-8-6-4-2)29-25-21-17-16-18-22-26-30-33(35)36/h6,8,24-25,28-29,32H,3-5,7,9-23,26-27,30-31H2,1-2H3,(H,35,36)/b8-6-,28-24-,29-25-/t32-/m1/s1. The number of carbonyl (C=O) groups excluding carboxylic acids is 1. The molecule has 0 aliphatic carbocycles. The van der Waals surface area contributed by atoms with Crippen molar-refractivity contribution in [3.63, 3.8) is 0 Å². The molecular formula is C34H60O4. The fraction of sp³-hybridized carbons (Fsp3) is 0.765. The lowest BCUT2D eigenvalue weighted by Crippen LogP contribution is -2.13. The predicted octanol–water partition coefficient (Wildman–Crippen LogP) is 10.7. The van der Waals surface area contributed by atoms with Gasteiger partial charge in [0.25, 0.3) is 0 Å². The van der Waals surface area contributed by atoms with Crippen molar-refractivity contribution in [1.29, 1.82) is 0 Å². The third kappa shape index (κ3) is 28.7. The summed E-state index contributed by atoms with van der Waals surface area (Å²) in [5.41, 5.74) is 0. The second-order valence-corrected chi connectivity index (χ2v) is 10.6. The van der Waals surface area contributed by atoms with Crippen molar-refractivity contribution in [2.45, 2.75) is 168 Å². The molecule has 0 aromatic carbocycles. The number of rotatable bonds is 28. The van der Waals surface area contributed by atoms with E-state index < -0.39 is 5.97 Å². The van der Waals surface area contributed by atoms with Gasteiger partial charge < -0.3 is 9.84 Å². The highest BCUT2D eigenvalue weighted by molar-refractivity contribution is 5.69. The lowest BCUT2D eigenvalue weighted by Gasteiger charge is -2.11. The Kier molecular flexibility index (Phi) is 28.3. The number of hydrogen-bond donors (Lipinski definition) is 1. The minimum atomic E-state index is -0.708. The molecule has 0 aliphatic rings. The molecule has 0 aromatic rings. The van der Waals surface area contributed by atoms with Gasteiger partial charge in [0, 0.05) is 12.8 Å². The van der Waals surface area contributed by atoms with Crippen LogP contribution in [0.3, 0.4) is 0 Å². The van der Waals surface area contributed by atoms with Crippen molar-refractivity contribution < 1.29 is 19.4 Å². The van der Waals surface area contributed by atoms with Crippen LogP contribution in [0.5, 0.6) is 0 Å². The van der Waals surface area contributed by atoms with Crippen LogP contribution in [0, 0.1) is 0 Å². The van der Waals surface area contributed by atoms with Gasteiger partial charge in [-0.25, -0.2) is 0 Å². The van der Waals surface area contributed by atoms with Gasteiger partial charge in [-0.3, -0.25) is 9.59 Å². The Labute approximate surface area is 235 Å².